The van der Waals surface area contributed by atoms with Gasteiger partial charge in [0.05, 0.1) is 17.7 Å². The van der Waals surface area contributed by atoms with Crippen molar-refractivity contribution < 1.29 is 27.1 Å². The molecule has 2 nitrogen and oxygen atoms in total. The summed E-state index contributed by atoms with van der Waals surface area (Å²) in [4.78, 5) is 11.6. The zero-order chi connectivity index (χ0) is 15.2. The van der Waals surface area contributed by atoms with E-state index < -0.39 is 29.1 Å². The lowest BCUT2D eigenvalue weighted by atomic mass is 10.1. The standard InChI is InChI=1S/C14H16F4O2/c1-2-3-4-5-6-20-13(19)10-7-11(14(16,17)18)9-12(15)8-10/h7-9H,2-6H2,1H3. The highest BCUT2D eigenvalue weighted by Crippen LogP contribution is 2.30. The molecule has 0 aliphatic heterocycles. The molecule has 0 aliphatic carbocycles. The van der Waals surface area contributed by atoms with Gasteiger partial charge in [0.1, 0.15) is 5.82 Å². The number of alkyl halides is 3. The third-order valence-corrected chi connectivity index (χ3v) is 2.69. The molecule has 112 valence electrons. The van der Waals surface area contributed by atoms with E-state index >= 15 is 0 Å². The molecular weight excluding hydrogens is 276 g/mol. The first-order valence-corrected chi connectivity index (χ1v) is 6.39. The maximum Gasteiger partial charge on any atom is 0.416 e. The van der Waals surface area contributed by atoms with Gasteiger partial charge >= 0.3 is 12.1 Å². The summed E-state index contributed by atoms with van der Waals surface area (Å²) in [5.74, 6) is -2.05. The summed E-state index contributed by atoms with van der Waals surface area (Å²) in [5, 5.41) is 0. The molecule has 0 N–H and O–H groups in total. The van der Waals surface area contributed by atoms with E-state index in [1.54, 1.807) is 0 Å². The minimum atomic E-state index is -4.70. The van der Waals surface area contributed by atoms with Crippen LogP contribution >= 0.6 is 0 Å². The Bertz CT molecular complexity index is 455. The van der Waals surface area contributed by atoms with Crippen LogP contribution in [0.2, 0.25) is 0 Å². The Hall–Kier alpha value is -1.59. The van der Waals surface area contributed by atoms with Gasteiger partial charge in [-0.3, -0.25) is 0 Å². The Morgan fingerprint density at radius 3 is 2.45 bits per heavy atom. The lowest BCUT2D eigenvalue weighted by Gasteiger charge is -2.09. The Labute approximate surface area is 114 Å². The van der Waals surface area contributed by atoms with E-state index in [1.165, 1.54) is 0 Å². The Balaban J connectivity index is 2.66. The molecule has 0 spiro atoms. The van der Waals surface area contributed by atoms with Crippen molar-refractivity contribution in [2.75, 3.05) is 6.61 Å². The fourth-order valence-corrected chi connectivity index (χ4v) is 1.65. The Kier molecular flexibility index (Phi) is 5.98. The molecule has 0 saturated heterocycles. The number of ether oxygens (including phenoxy) is 1. The van der Waals surface area contributed by atoms with E-state index in [1.807, 2.05) is 6.92 Å². The summed E-state index contributed by atoms with van der Waals surface area (Å²) < 4.78 is 55.4. The smallest absolute Gasteiger partial charge is 0.416 e. The molecule has 1 rings (SSSR count). The van der Waals surface area contributed by atoms with Crippen molar-refractivity contribution in [2.24, 2.45) is 0 Å². The number of hydrogen-bond acceptors (Lipinski definition) is 2. The van der Waals surface area contributed by atoms with Crippen molar-refractivity contribution >= 4 is 5.97 Å². The fraction of sp³-hybridized carbons (Fsp3) is 0.500. The maximum atomic E-state index is 13.1. The molecule has 6 heteroatoms. The van der Waals surface area contributed by atoms with Gasteiger partial charge in [0, 0.05) is 0 Å². The molecule has 0 unspecified atom stereocenters. The maximum absolute atomic E-state index is 13.1. The highest BCUT2D eigenvalue weighted by atomic mass is 19.4. The molecular formula is C14H16F4O2. The van der Waals surface area contributed by atoms with Gasteiger partial charge in [0.25, 0.3) is 0 Å². The topological polar surface area (TPSA) is 26.3 Å². The largest absolute Gasteiger partial charge is 0.462 e. The molecule has 0 amide bonds. The monoisotopic (exact) mass is 292 g/mol. The first-order chi connectivity index (χ1) is 9.34. The van der Waals surface area contributed by atoms with Crippen LogP contribution in [0.4, 0.5) is 17.6 Å². The third kappa shape index (κ3) is 5.19. The van der Waals surface area contributed by atoms with E-state index in [2.05, 4.69) is 0 Å². The summed E-state index contributed by atoms with van der Waals surface area (Å²) in [7, 11) is 0. The molecule has 0 fully saturated rings. The first-order valence-electron chi connectivity index (χ1n) is 6.39. The number of unbranched alkanes of at least 4 members (excludes halogenated alkanes) is 3. The molecule has 20 heavy (non-hydrogen) atoms. The van der Waals surface area contributed by atoms with Crippen molar-refractivity contribution in [3.05, 3.63) is 35.1 Å². The Morgan fingerprint density at radius 1 is 1.15 bits per heavy atom. The van der Waals surface area contributed by atoms with Gasteiger partial charge < -0.3 is 4.74 Å². The SMILES string of the molecule is CCCCCCOC(=O)c1cc(F)cc(C(F)(F)F)c1. The molecule has 0 radical (unpaired) electrons. The van der Waals surface area contributed by atoms with Crippen LogP contribution in [0.5, 0.6) is 0 Å². The van der Waals surface area contributed by atoms with E-state index in [4.69, 9.17) is 4.74 Å². The van der Waals surface area contributed by atoms with Crippen LogP contribution < -0.4 is 0 Å². The predicted octanol–water partition coefficient (Wildman–Crippen LogP) is 4.58. The fourth-order valence-electron chi connectivity index (χ4n) is 1.65. The number of carbonyl (C=O) groups excluding carboxylic acids is 1. The average Bonchev–Trinajstić information content (AvgIpc) is 2.36. The first kappa shape index (κ1) is 16.5. The second-order valence-corrected chi connectivity index (χ2v) is 4.42. The van der Waals surface area contributed by atoms with Crippen molar-refractivity contribution in [3.8, 4) is 0 Å². The number of esters is 1. The van der Waals surface area contributed by atoms with Crippen LogP contribution in [-0.2, 0) is 10.9 Å². The van der Waals surface area contributed by atoms with Gasteiger partial charge in [0.15, 0.2) is 0 Å². The van der Waals surface area contributed by atoms with Gasteiger partial charge in [-0.15, -0.1) is 0 Å². The number of benzene rings is 1. The van der Waals surface area contributed by atoms with Crippen LogP contribution in [0.25, 0.3) is 0 Å². The quantitative estimate of drug-likeness (QED) is 0.436. The molecule has 0 saturated carbocycles. The van der Waals surface area contributed by atoms with Gasteiger partial charge in [-0.2, -0.15) is 13.2 Å². The van der Waals surface area contributed by atoms with Crippen LogP contribution in [-0.4, -0.2) is 12.6 Å². The second-order valence-electron chi connectivity index (χ2n) is 4.42. The van der Waals surface area contributed by atoms with Gasteiger partial charge in [-0.1, -0.05) is 26.2 Å². The number of hydrogen-bond donors (Lipinski definition) is 0. The van der Waals surface area contributed by atoms with Crippen molar-refractivity contribution in [1.29, 1.82) is 0 Å². The van der Waals surface area contributed by atoms with Crippen LogP contribution in [0.3, 0.4) is 0 Å². The van der Waals surface area contributed by atoms with Crippen LogP contribution in [0.1, 0.15) is 48.5 Å². The molecule has 1 aromatic carbocycles. The zero-order valence-corrected chi connectivity index (χ0v) is 11.1. The van der Waals surface area contributed by atoms with Crippen molar-refractivity contribution in [2.45, 2.75) is 38.8 Å². The summed E-state index contributed by atoms with van der Waals surface area (Å²) in [5.41, 5.74) is -1.62. The normalized spacial score (nSPS) is 11.4. The third-order valence-electron chi connectivity index (χ3n) is 2.69. The minimum Gasteiger partial charge on any atom is -0.462 e. The molecule has 0 aromatic heterocycles. The van der Waals surface area contributed by atoms with E-state index in [-0.39, 0.29) is 6.61 Å². The minimum absolute atomic E-state index is 0.122. The number of rotatable bonds is 6. The summed E-state index contributed by atoms with van der Waals surface area (Å²) in [6.07, 6.45) is -1.16. The molecule has 0 atom stereocenters. The highest BCUT2D eigenvalue weighted by Gasteiger charge is 2.32. The van der Waals surface area contributed by atoms with Crippen LogP contribution in [0, 0.1) is 5.82 Å². The van der Waals surface area contributed by atoms with Crippen LogP contribution in [0.15, 0.2) is 18.2 Å². The van der Waals surface area contributed by atoms with Gasteiger partial charge in [0.2, 0.25) is 0 Å². The molecule has 0 aliphatic rings. The lowest BCUT2D eigenvalue weighted by Crippen LogP contribution is -2.11. The number of halogens is 4. The van der Waals surface area contributed by atoms with E-state index in [0.717, 1.165) is 25.3 Å². The van der Waals surface area contributed by atoms with Crippen molar-refractivity contribution in [1.82, 2.24) is 0 Å². The summed E-state index contributed by atoms with van der Waals surface area (Å²) >= 11 is 0. The predicted molar refractivity (Wildman–Crippen MR) is 65.8 cm³/mol. The Morgan fingerprint density at radius 2 is 1.85 bits per heavy atom. The number of carbonyl (C=O) groups is 1. The van der Waals surface area contributed by atoms with E-state index in [0.29, 0.717) is 18.6 Å². The van der Waals surface area contributed by atoms with Gasteiger partial charge in [-0.25, -0.2) is 9.18 Å². The zero-order valence-electron chi connectivity index (χ0n) is 11.1. The molecule has 1 aromatic rings. The van der Waals surface area contributed by atoms with E-state index in [9.17, 15) is 22.4 Å². The highest BCUT2D eigenvalue weighted by molar-refractivity contribution is 5.89. The average molecular weight is 292 g/mol. The second kappa shape index (κ2) is 7.26. The lowest BCUT2D eigenvalue weighted by molar-refractivity contribution is -0.137. The van der Waals surface area contributed by atoms with Crippen molar-refractivity contribution in [3.63, 3.8) is 0 Å². The summed E-state index contributed by atoms with van der Waals surface area (Å²) in [6.45, 7) is 2.15. The van der Waals surface area contributed by atoms with Gasteiger partial charge in [-0.05, 0) is 24.6 Å². The summed E-state index contributed by atoms with van der Waals surface area (Å²) in [6, 6.07) is 1.68. The molecule has 0 bridgehead atoms. The molecule has 0 heterocycles.